The van der Waals surface area contributed by atoms with Crippen LogP contribution < -0.4 is 14.2 Å². The molecule has 0 aromatic heterocycles. The van der Waals surface area contributed by atoms with Crippen molar-refractivity contribution >= 4 is 11.8 Å². The Morgan fingerprint density at radius 3 is 2.38 bits per heavy atom. The predicted octanol–water partition coefficient (Wildman–Crippen LogP) is 4.86. The Hall–Kier alpha value is -3.02. The Bertz CT molecular complexity index is 1030. The number of methoxy groups -OCH3 is 2. The fourth-order valence-electron chi connectivity index (χ4n) is 4.16. The van der Waals surface area contributed by atoms with Gasteiger partial charge in [0.05, 0.1) is 20.8 Å². The lowest BCUT2D eigenvalue weighted by Crippen LogP contribution is -2.27. The molecule has 2 aliphatic rings. The van der Waals surface area contributed by atoms with Gasteiger partial charge in [-0.25, -0.2) is 0 Å². The summed E-state index contributed by atoms with van der Waals surface area (Å²) in [4.78, 5) is 25.0. The van der Waals surface area contributed by atoms with Gasteiger partial charge in [-0.3, -0.25) is 9.59 Å². The first-order valence-electron chi connectivity index (χ1n) is 11.1. The van der Waals surface area contributed by atoms with E-state index >= 15 is 0 Å². The molecule has 0 radical (unpaired) electrons. The third-order valence-electron chi connectivity index (χ3n) is 6.20. The number of rotatable bonds is 9. The van der Waals surface area contributed by atoms with Crippen molar-refractivity contribution in [1.29, 1.82) is 0 Å². The molecule has 170 valence electrons. The summed E-state index contributed by atoms with van der Waals surface area (Å²) in [6.45, 7) is 4.63. The van der Waals surface area contributed by atoms with E-state index in [0.717, 1.165) is 35.1 Å². The number of carbonyl (C=O) groups excluding carboxylic acids is 2. The third-order valence-corrected chi connectivity index (χ3v) is 6.20. The number of hydrogen-bond donors (Lipinski definition) is 0. The predicted molar refractivity (Wildman–Crippen MR) is 121 cm³/mol. The minimum atomic E-state index is -0.616. The molecule has 2 aromatic rings. The number of benzene rings is 2. The van der Waals surface area contributed by atoms with Crippen LogP contribution in [0.5, 0.6) is 17.2 Å². The van der Waals surface area contributed by atoms with E-state index in [2.05, 4.69) is 0 Å². The van der Waals surface area contributed by atoms with E-state index in [0.29, 0.717) is 36.7 Å². The van der Waals surface area contributed by atoms with Crippen LogP contribution in [0.2, 0.25) is 0 Å². The number of ether oxygens (including phenoxy) is 4. The van der Waals surface area contributed by atoms with Gasteiger partial charge in [-0.05, 0) is 48.4 Å². The maximum Gasteiger partial charge on any atom is 0.315 e. The highest BCUT2D eigenvalue weighted by atomic mass is 16.5. The van der Waals surface area contributed by atoms with Gasteiger partial charge in [0.1, 0.15) is 12.0 Å². The van der Waals surface area contributed by atoms with Gasteiger partial charge in [-0.1, -0.05) is 32.0 Å². The van der Waals surface area contributed by atoms with Gasteiger partial charge in [-0.15, -0.1) is 0 Å². The summed E-state index contributed by atoms with van der Waals surface area (Å²) in [5.41, 5.74) is 2.93. The average molecular weight is 439 g/mol. The minimum absolute atomic E-state index is 0.162. The van der Waals surface area contributed by atoms with Crippen molar-refractivity contribution in [3.8, 4) is 28.4 Å². The van der Waals surface area contributed by atoms with Crippen molar-refractivity contribution in [2.24, 2.45) is 11.3 Å². The van der Waals surface area contributed by atoms with E-state index in [9.17, 15) is 9.59 Å². The quantitative estimate of drug-likeness (QED) is 0.521. The molecule has 0 N–H and O–H groups in total. The van der Waals surface area contributed by atoms with Crippen LogP contribution in [0.4, 0.5) is 0 Å². The average Bonchev–Trinajstić information content (AvgIpc) is 3.50. The SMILES string of the molecule is COc1ccc(-c2cccc3c2CCC3=O)c(OCC2(C(=O)OCC(C)C)CC2)c1OC. The lowest BCUT2D eigenvalue weighted by atomic mass is 9.95. The highest BCUT2D eigenvalue weighted by Gasteiger charge is 2.52. The molecule has 0 atom stereocenters. The van der Waals surface area contributed by atoms with Gasteiger partial charge >= 0.3 is 5.97 Å². The lowest BCUT2D eigenvalue weighted by molar-refractivity contribution is -0.152. The molecular formula is C26H30O6. The summed E-state index contributed by atoms with van der Waals surface area (Å²) in [6, 6.07) is 9.52. The molecule has 6 heteroatoms. The number of esters is 1. The summed E-state index contributed by atoms with van der Waals surface area (Å²) in [6.07, 6.45) is 2.69. The molecule has 1 saturated carbocycles. The van der Waals surface area contributed by atoms with Crippen LogP contribution in [0.25, 0.3) is 11.1 Å². The Kier molecular flexibility index (Phi) is 6.13. The van der Waals surface area contributed by atoms with Crippen molar-refractivity contribution in [2.75, 3.05) is 27.4 Å². The second-order valence-electron chi connectivity index (χ2n) is 8.99. The van der Waals surface area contributed by atoms with E-state index in [1.54, 1.807) is 14.2 Å². The normalized spacial score (nSPS) is 16.0. The minimum Gasteiger partial charge on any atom is -0.493 e. The van der Waals surface area contributed by atoms with Crippen LogP contribution in [-0.4, -0.2) is 39.2 Å². The number of ketones is 1. The maximum atomic E-state index is 12.7. The largest absolute Gasteiger partial charge is 0.493 e. The molecule has 0 bridgehead atoms. The number of fused-ring (bicyclic) bond motifs is 1. The van der Waals surface area contributed by atoms with Gasteiger partial charge in [0.2, 0.25) is 5.75 Å². The molecule has 0 saturated heterocycles. The second-order valence-corrected chi connectivity index (χ2v) is 8.99. The van der Waals surface area contributed by atoms with Crippen LogP contribution >= 0.6 is 0 Å². The van der Waals surface area contributed by atoms with Gasteiger partial charge in [0.25, 0.3) is 0 Å². The van der Waals surface area contributed by atoms with Crippen LogP contribution in [0, 0.1) is 11.3 Å². The fourth-order valence-corrected chi connectivity index (χ4v) is 4.16. The van der Waals surface area contributed by atoms with Crippen LogP contribution in [0.1, 0.15) is 49.0 Å². The molecule has 0 amide bonds. The molecule has 0 spiro atoms. The molecule has 0 unspecified atom stereocenters. The zero-order chi connectivity index (χ0) is 22.9. The van der Waals surface area contributed by atoms with Crippen LogP contribution in [-0.2, 0) is 16.0 Å². The smallest absolute Gasteiger partial charge is 0.315 e. The Morgan fingerprint density at radius 1 is 0.969 bits per heavy atom. The Morgan fingerprint density at radius 2 is 1.72 bits per heavy atom. The first-order chi connectivity index (χ1) is 15.4. The van der Waals surface area contributed by atoms with Crippen molar-refractivity contribution in [2.45, 2.75) is 39.5 Å². The summed E-state index contributed by atoms with van der Waals surface area (Å²) in [7, 11) is 3.14. The summed E-state index contributed by atoms with van der Waals surface area (Å²) >= 11 is 0. The molecule has 4 rings (SSSR count). The van der Waals surface area contributed by atoms with E-state index in [-0.39, 0.29) is 24.3 Å². The van der Waals surface area contributed by atoms with Crippen molar-refractivity contribution < 1.29 is 28.5 Å². The van der Waals surface area contributed by atoms with E-state index in [1.165, 1.54) is 0 Å². The monoisotopic (exact) mass is 438 g/mol. The van der Waals surface area contributed by atoms with E-state index in [1.807, 2.05) is 44.2 Å². The van der Waals surface area contributed by atoms with Gasteiger partial charge in [0, 0.05) is 17.5 Å². The Balaban J connectivity index is 1.69. The third kappa shape index (κ3) is 4.06. The van der Waals surface area contributed by atoms with Gasteiger partial charge in [0.15, 0.2) is 17.3 Å². The van der Waals surface area contributed by atoms with E-state index in [4.69, 9.17) is 18.9 Å². The first-order valence-corrected chi connectivity index (χ1v) is 11.1. The highest BCUT2D eigenvalue weighted by molar-refractivity contribution is 6.02. The topological polar surface area (TPSA) is 71.1 Å². The first kappa shape index (κ1) is 22.2. The van der Waals surface area contributed by atoms with Crippen LogP contribution in [0.15, 0.2) is 30.3 Å². The zero-order valence-electron chi connectivity index (χ0n) is 19.2. The van der Waals surface area contributed by atoms with Crippen LogP contribution in [0.3, 0.4) is 0 Å². The molecule has 0 aliphatic heterocycles. The summed E-state index contributed by atoms with van der Waals surface area (Å²) in [5.74, 6) is 1.77. The Labute approximate surface area is 188 Å². The van der Waals surface area contributed by atoms with E-state index < -0.39 is 5.41 Å². The standard InChI is InChI=1S/C26H30O6/c1-16(2)14-31-25(28)26(12-13-26)15-32-23-20(9-11-22(29-3)24(23)30-4)17-6-5-7-19-18(17)8-10-21(19)27/h5-7,9,11,16H,8,10,12-15H2,1-4H3. The van der Waals surface area contributed by atoms with Crippen molar-refractivity contribution in [1.82, 2.24) is 0 Å². The second kappa shape index (κ2) is 8.85. The molecule has 1 fully saturated rings. The van der Waals surface area contributed by atoms with Gasteiger partial charge in [-0.2, -0.15) is 0 Å². The maximum absolute atomic E-state index is 12.7. The number of Topliss-reactive ketones (excluding diaryl/α,β-unsaturated/α-hetero) is 1. The molecule has 2 aromatic carbocycles. The van der Waals surface area contributed by atoms with Gasteiger partial charge < -0.3 is 18.9 Å². The molecule has 6 nitrogen and oxygen atoms in total. The summed E-state index contributed by atoms with van der Waals surface area (Å²) < 4.78 is 23.0. The highest BCUT2D eigenvalue weighted by Crippen LogP contribution is 2.51. The zero-order valence-corrected chi connectivity index (χ0v) is 19.2. The van der Waals surface area contributed by atoms with Crippen molar-refractivity contribution in [3.05, 3.63) is 41.5 Å². The molecule has 0 heterocycles. The lowest BCUT2D eigenvalue weighted by Gasteiger charge is -2.21. The summed E-state index contributed by atoms with van der Waals surface area (Å²) in [5, 5.41) is 0. The number of carbonyl (C=O) groups is 2. The molecule has 32 heavy (non-hydrogen) atoms. The molecular weight excluding hydrogens is 408 g/mol. The van der Waals surface area contributed by atoms with Crippen molar-refractivity contribution in [3.63, 3.8) is 0 Å². The fraction of sp³-hybridized carbons (Fsp3) is 0.462. The number of hydrogen-bond acceptors (Lipinski definition) is 6. The molecule has 2 aliphatic carbocycles.